The van der Waals surface area contributed by atoms with Crippen LogP contribution in [0.4, 0.5) is 0 Å². The lowest BCUT2D eigenvalue weighted by Crippen LogP contribution is -2.37. The van der Waals surface area contributed by atoms with E-state index in [9.17, 15) is 9.36 Å². The Morgan fingerprint density at radius 1 is 1.20 bits per heavy atom. The Balaban J connectivity index is 2.49. The molecule has 1 aliphatic heterocycles. The van der Waals surface area contributed by atoms with Crippen molar-refractivity contribution in [1.82, 2.24) is 4.90 Å². The van der Waals surface area contributed by atoms with Crippen LogP contribution in [0.25, 0.3) is 0 Å². The molecule has 0 N–H and O–H groups in total. The maximum atomic E-state index is 11.7. The van der Waals surface area contributed by atoms with Gasteiger partial charge in [0.2, 0.25) is 5.91 Å². The van der Waals surface area contributed by atoms with Crippen LogP contribution in [-0.4, -0.2) is 44.3 Å². The highest BCUT2D eigenvalue weighted by Gasteiger charge is 2.28. The van der Waals surface area contributed by atoms with Gasteiger partial charge in [-0.25, -0.2) is 0 Å². The average Bonchev–Trinajstić information content (AvgIpc) is 2.30. The first-order chi connectivity index (χ1) is 7.11. The number of carbonyl (C=O) groups excluding carboxylic acids is 1. The van der Waals surface area contributed by atoms with E-state index < -0.39 is 7.60 Å². The van der Waals surface area contributed by atoms with Crippen LogP contribution in [0.2, 0.25) is 0 Å². The molecule has 1 heterocycles. The fourth-order valence-electron chi connectivity index (χ4n) is 1.61. The van der Waals surface area contributed by atoms with Gasteiger partial charge in [-0.3, -0.25) is 9.36 Å². The van der Waals surface area contributed by atoms with Crippen LogP contribution in [0.15, 0.2) is 0 Å². The summed E-state index contributed by atoms with van der Waals surface area (Å²) >= 11 is 0. The molecule has 0 spiro atoms. The predicted octanol–water partition coefficient (Wildman–Crippen LogP) is 1.48. The Morgan fingerprint density at radius 3 is 2.20 bits per heavy atom. The zero-order chi connectivity index (χ0) is 11.3. The molecule has 0 unspecified atom stereocenters. The topological polar surface area (TPSA) is 55.8 Å². The number of nitrogens with zero attached hydrogens (tertiary/aromatic N) is 1. The van der Waals surface area contributed by atoms with Gasteiger partial charge in [-0.05, 0) is 19.3 Å². The van der Waals surface area contributed by atoms with Crippen LogP contribution >= 0.6 is 7.60 Å². The Morgan fingerprint density at radius 2 is 1.73 bits per heavy atom. The van der Waals surface area contributed by atoms with Gasteiger partial charge in [0.05, 0.1) is 0 Å². The smallest absolute Gasteiger partial charge is 0.339 e. The molecule has 6 heteroatoms. The summed E-state index contributed by atoms with van der Waals surface area (Å²) in [7, 11) is -0.596. The Labute approximate surface area is 90.3 Å². The molecular formula is C9H18NO4P. The minimum atomic E-state index is -3.20. The molecule has 0 bridgehead atoms. The van der Waals surface area contributed by atoms with E-state index in [2.05, 4.69) is 0 Å². The lowest BCUT2D eigenvalue weighted by molar-refractivity contribution is -0.129. The van der Waals surface area contributed by atoms with Gasteiger partial charge < -0.3 is 13.9 Å². The van der Waals surface area contributed by atoms with Gasteiger partial charge in [-0.15, -0.1) is 0 Å². The zero-order valence-corrected chi connectivity index (χ0v) is 10.2. The Kier molecular flexibility index (Phi) is 4.77. The largest absolute Gasteiger partial charge is 0.342 e. The minimum Gasteiger partial charge on any atom is -0.342 e. The third-order valence-corrected chi connectivity index (χ3v) is 4.36. The van der Waals surface area contributed by atoms with Crippen molar-refractivity contribution in [3.8, 4) is 0 Å². The van der Waals surface area contributed by atoms with E-state index in [0.29, 0.717) is 0 Å². The van der Waals surface area contributed by atoms with Crippen molar-refractivity contribution in [2.75, 3.05) is 33.5 Å². The lowest BCUT2D eigenvalue weighted by Gasteiger charge is -2.27. The number of hydrogen-bond donors (Lipinski definition) is 0. The normalized spacial score (nSPS) is 17.9. The van der Waals surface area contributed by atoms with Gasteiger partial charge in [-0.2, -0.15) is 0 Å². The summed E-state index contributed by atoms with van der Waals surface area (Å²) in [4.78, 5) is 13.5. The highest BCUT2D eigenvalue weighted by Crippen LogP contribution is 2.46. The molecule has 0 aromatic heterocycles. The molecular weight excluding hydrogens is 217 g/mol. The standard InChI is InChI=1S/C9H18NO4P/c1-13-15(12,14-2)8-9(11)10-6-4-3-5-7-10/h3-8H2,1-2H3. The molecule has 0 radical (unpaired) electrons. The first kappa shape index (κ1) is 12.7. The highest BCUT2D eigenvalue weighted by molar-refractivity contribution is 7.54. The second-order valence-electron chi connectivity index (χ2n) is 3.58. The summed E-state index contributed by atoms with van der Waals surface area (Å²) in [5.74, 6) is -0.137. The van der Waals surface area contributed by atoms with Crippen LogP contribution in [0.5, 0.6) is 0 Å². The van der Waals surface area contributed by atoms with Gasteiger partial charge in [0.25, 0.3) is 0 Å². The number of piperidine rings is 1. The van der Waals surface area contributed by atoms with Crippen LogP contribution in [0.3, 0.4) is 0 Å². The SMILES string of the molecule is COP(=O)(CC(=O)N1CCCCC1)OC. The molecule has 15 heavy (non-hydrogen) atoms. The molecule has 1 rings (SSSR count). The van der Waals surface area contributed by atoms with Crippen molar-refractivity contribution >= 4 is 13.5 Å². The Bertz CT molecular complexity index is 255. The summed E-state index contributed by atoms with van der Waals surface area (Å²) in [6, 6.07) is 0. The third kappa shape index (κ3) is 3.59. The molecule has 5 nitrogen and oxygen atoms in total. The van der Waals surface area contributed by atoms with E-state index >= 15 is 0 Å². The lowest BCUT2D eigenvalue weighted by atomic mass is 10.1. The van der Waals surface area contributed by atoms with Crippen molar-refractivity contribution in [3.63, 3.8) is 0 Å². The molecule has 0 atom stereocenters. The number of hydrogen-bond acceptors (Lipinski definition) is 4. The van der Waals surface area contributed by atoms with E-state index in [1.165, 1.54) is 14.2 Å². The van der Waals surface area contributed by atoms with Crippen LogP contribution < -0.4 is 0 Å². The number of rotatable bonds is 4. The molecule has 1 fully saturated rings. The van der Waals surface area contributed by atoms with Gasteiger partial charge in [0.1, 0.15) is 6.16 Å². The monoisotopic (exact) mass is 235 g/mol. The summed E-state index contributed by atoms with van der Waals surface area (Å²) in [5, 5.41) is 0. The first-order valence-electron chi connectivity index (χ1n) is 5.09. The maximum absolute atomic E-state index is 11.7. The zero-order valence-electron chi connectivity index (χ0n) is 9.27. The molecule has 0 aromatic rings. The van der Waals surface area contributed by atoms with Crippen molar-refractivity contribution in [1.29, 1.82) is 0 Å². The molecule has 1 saturated heterocycles. The quantitative estimate of drug-likeness (QED) is 0.692. The summed E-state index contributed by atoms with van der Waals surface area (Å²) in [6.07, 6.45) is 3.06. The first-order valence-corrected chi connectivity index (χ1v) is 6.82. The fraction of sp³-hybridized carbons (Fsp3) is 0.889. The Hall–Kier alpha value is -0.380. The molecule has 0 saturated carbocycles. The van der Waals surface area contributed by atoms with E-state index in [1.54, 1.807) is 4.90 Å². The van der Waals surface area contributed by atoms with Crippen LogP contribution in [-0.2, 0) is 18.4 Å². The summed E-state index contributed by atoms with van der Waals surface area (Å²) in [6.45, 7) is 1.51. The predicted molar refractivity (Wildman–Crippen MR) is 56.9 cm³/mol. The second-order valence-corrected chi connectivity index (χ2v) is 5.84. The van der Waals surface area contributed by atoms with Gasteiger partial charge >= 0.3 is 7.60 Å². The van der Waals surface area contributed by atoms with E-state index in [4.69, 9.17) is 9.05 Å². The second kappa shape index (κ2) is 5.64. The molecule has 0 aromatic carbocycles. The average molecular weight is 235 g/mol. The third-order valence-electron chi connectivity index (χ3n) is 2.59. The maximum Gasteiger partial charge on any atom is 0.339 e. The van der Waals surface area contributed by atoms with Gasteiger partial charge in [0, 0.05) is 27.3 Å². The number of amides is 1. The summed E-state index contributed by atoms with van der Waals surface area (Å²) in [5.41, 5.74) is 0. The van der Waals surface area contributed by atoms with Crippen LogP contribution in [0.1, 0.15) is 19.3 Å². The van der Waals surface area contributed by atoms with E-state index in [-0.39, 0.29) is 12.1 Å². The molecule has 1 amide bonds. The number of carbonyl (C=O) groups is 1. The van der Waals surface area contributed by atoms with Gasteiger partial charge in [-0.1, -0.05) is 0 Å². The van der Waals surface area contributed by atoms with E-state index in [1.807, 2.05) is 0 Å². The van der Waals surface area contributed by atoms with Crippen molar-refractivity contribution < 1.29 is 18.4 Å². The molecule has 88 valence electrons. The molecule has 1 aliphatic rings. The fourth-order valence-corrected chi connectivity index (χ4v) is 2.55. The van der Waals surface area contributed by atoms with Crippen molar-refractivity contribution in [2.24, 2.45) is 0 Å². The van der Waals surface area contributed by atoms with Crippen molar-refractivity contribution in [3.05, 3.63) is 0 Å². The van der Waals surface area contributed by atoms with Crippen molar-refractivity contribution in [2.45, 2.75) is 19.3 Å². The van der Waals surface area contributed by atoms with Gasteiger partial charge in [0.15, 0.2) is 0 Å². The molecule has 0 aliphatic carbocycles. The minimum absolute atomic E-state index is 0.137. The van der Waals surface area contributed by atoms with Crippen LogP contribution in [0, 0.1) is 0 Å². The summed E-state index contributed by atoms with van der Waals surface area (Å²) < 4.78 is 21.2. The highest BCUT2D eigenvalue weighted by atomic mass is 31.2. The number of likely N-dealkylation sites (tertiary alicyclic amines) is 1. The van der Waals surface area contributed by atoms with E-state index in [0.717, 1.165) is 32.4 Å².